The number of rotatable bonds is 5. The molecule has 0 fully saturated rings. The molecule has 0 saturated heterocycles. The molecule has 0 atom stereocenters. The van der Waals surface area contributed by atoms with E-state index in [0.717, 1.165) is 42.8 Å². The molecule has 9 heteroatoms. The van der Waals surface area contributed by atoms with Crippen LogP contribution in [0, 0.1) is 19.7 Å². The average Bonchev–Trinajstić information content (AvgIpc) is 3.24. The summed E-state index contributed by atoms with van der Waals surface area (Å²) >= 11 is 2.90. The van der Waals surface area contributed by atoms with Crippen molar-refractivity contribution in [3.05, 3.63) is 53.9 Å². The zero-order valence-corrected chi connectivity index (χ0v) is 17.7. The van der Waals surface area contributed by atoms with Gasteiger partial charge in [-0.15, -0.1) is 11.3 Å². The Balaban J connectivity index is 1.52. The van der Waals surface area contributed by atoms with Crippen molar-refractivity contribution >= 4 is 44.9 Å². The standard InChI is InChI=1S/C20H18FN5OS2/c1-11-18(12(2)26(3)25-11)24-17(27)9-28-20-19-15(22-10-23-20)8-16(29-19)13-4-6-14(21)7-5-13/h4-8,10H,9H2,1-3H3,(H,24,27). The molecule has 4 aromatic rings. The fourth-order valence-electron chi connectivity index (χ4n) is 2.96. The number of thioether (sulfide) groups is 1. The molecule has 1 aromatic carbocycles. The maximum absolute atomic E-state index is 13.2. The van der Waals surface area contributed by atoms with Gasteiger partial charge in [-0.05, 0) is 37.6 Å². The van der Waals surface area contributed by atoms with Crippen LogP contribution in [0.2, 0.25) is 0 Å². The van der Waals surface area contributed by atoms with Crippen molar-refractivity contribution in [3.8, 4) is 10.4 Å². The van der Waals surface area contributed by atoms with Crippen LogP contribution in [-0.4, -0.2) is 31.4 Å². The highest BCUT2D eigenvalue weighted by atomic mass is 32.2. The normalized spacial score (nSPS) is 11.2. The van der Waals surface area contributed by atoms with Gasteiger partial charge < -0.3 is 5.32 Å². The molecule has 3 heterocycles. The maximum Gasteiger partial charge on any atom is 0.234 e. The molecule has 0 radical (unpaired) electrons. The molecule has 6 nitrogen and oxygen atoms in total. The van der Waals surface area contributed by atoms with Gasteiger partial charge in [0.05, 0.1) is 33.0 Å². The van der Waals surface area contributed by atoms with E-state index in [9.17, 15) is 9.18 Å². The molecule has 0 unspecified atom stereocenters. The summed E-state index contributed by atoms with van der Waals surface area (Å²) in [7, 11) is 1.85. The predicted octanol–water partition coefficient (Wildman–Crippen LogP) is 4.58. The molecule has 0 aliphatic carbocycles. The Hall–Kier alpha value is -2.78. The second-order valence-corrected chi connectivity index (χ2v) is 8.53. The highest BCUT2D eigenvalue weighted by molar-refractivity contribution is 8.00. The molecular weight excluding hydrogens is 409 g/mol. The third-order valence-corrected chi connectivity index (χ3v) is 6.82. The summed E-state index contributed by atoms with van der Waals surface area (Å²) in [6.07, 6.45) is 1.50. The number of amides is 1. The van der Waals surface area contributed by atoms with Crippen molar-refractivity contribution in [2.24, 2.45) is 7.05 Å². The number of fused-ring (bicyclic) bond motifs is 1. The number of aromatic nitrogens is 4. The number of nitrogens with one attached hydrogen (secondary N) is 1. The van der Waals surface area contributed by atoms with Crippen molar-refractivity contribution in [1.82, 2.24) is 19.7 Å². The minimum atomic E-state index is -0.268. The molecule has 1 N–H and O–H groups in total. The Morgan fingerprint density at radius 3 is 2.69 bits per heavy atom. The second kappa shape index (κ2) is 7.92. The lowest BCUT2D eigenvalue weighted by atomic mass is 10.2. The number of carbonyl (C=O) groups excluding carboxylic acids is 1. The zero-order chi connectivity index (χ0) is 20.5. The van der Waals surface area contributed by atoms with E-state index in [0.29, 0.717) is 0 Å². The predicted molar refractivity (Wildman–Crippen MR) is 115 cm³/mol. The number of hydrogen-bond donors (Lipinski definition) is 1. The Morgan fingerprint density at radius 1 is 1.24 bits per heavy atom. The van der Waals surface area contributed by atoms with Crippen LogP contribution in [0.5, 0.6) is 0 Å². The number of anilines is 1. The van der Waals surface area contributed by atoms with Gasteiger partial charge in [0.15, 0.2) is 0 Å². The first-order valence-electron chi connectivity index (χ1n) is 8.85. The number of aryl methyl sites for hydroxylation is 2. The van der Waals surface area contributed by atoms with E-state index in [1.807, 2.05) is 27.0 Å². The lowest BCUT2D eigenvalue weighted by Crippen LogP contribution is -2.15. The molecule has 0 saturated carbocycles. The zero-order valence-electron chi connectivity index (χ0n) is 16.1. The number of nitrogens with zero attached hydrogens (tertiary/aromatic N) is 4. The SMILES string of the molecule is Cc1nn(C)c(C)c1NC(=O)CSc1ncnc2cc(-c3ccc(F)cc3)sc12. The summed E-state index contributed by atoms with van der Waals surface area (Å²) in [6, 6.07) is 8.32. The number of hydrogen-bond acceptors (Lipinski definition) is 6. The van der Waals surface area contributed by atoms with Gasteiger partial charge in [-0.3, -0.25) is 9.48 Å². The number of benzene rings is 1. The smallest absolute Gasteiger partial charge is 0.234 e. The first-order valence-corrected chi connectivity index (χ1v) is 10.7. The van der Waals surface area contributed by atoms with Crippen LogP contribution in [-0.2, 0) is 11.8 Å². The highest BCUT2D eigenvalue weighted by Gasteiger charge is 2.15. The summed E-state index contributed by atoms with van der Waals surface area (Å²) in [5.41, 5.74) is 4.18. The molecule has 1 amide bonds. The fourth-order valence-corrected chi connectivity index (χ4v) is 4.96. The Kier molecular flexibility index (Phi) is 5.33. The topological polar surface area (TPSA) is 72.7 Å². The van der Waals surface area contributed by atoms with Gasteiger partial charge in [0.2, 0.25) is 5.91 Å². The second-order valence-electron chi connectivity index (χ2n) is 6.52. The van der Waals surface area contributed by atoms with E-state index in [1.165, 1.54) is 41.6 Å². The third-order valence-electron chi connectivity index (χ3n) is 4.52. The summed E-state index contributed by atoms with van der Waals surface area (Å²) in [6.45, 7) is 3.78. The van der Waals surface area contributed by atoms with Gasteiger partial charge in [0, 0.05) is 11.9 Å². The van der Waals surface area contributed by atoms with E-state index in [2.05, 4.69) is 20.4 Å². The van der Waals surface area contributed by atoms with Gasteiger partial charge in [-0.2, -0.15) is 5.10 Å². The van der Waals surface area contributed by atoms with E-state index in [-0.39, 0.29) is 17.5 Å². The van der Waals surface area contributed by atoms with E-state index < -0.39 is 0 Å². The molecule has 0 spiro atoms. The Morgan fingerprint density at radius 2 is 2.00 bits per heavy atom. The average molecular weight is 428 g/mol. The van der Waals surface area contributed by atoms with Gasteiger partial charge in [-0.25, -0.2) is 14.4 Å². The molecule has 3 aromatic heterocycles. The first-order chi connectivity index (χ1) is 13.9. The molecule has 148 valence electrons. The van der Waals surface area contributed by atoms with Crippen LogP contribution in [0.4, 0.5) is 10.1 Å². The van der Waals surface area contributed by atoms with Crippen molar-refractivity contribution in [2.75, 3.05) is 11.1 Å². The fraction of sp³-hybridized carbons (Fsp3) is 0.200. The minimum absolute atomic E-state index is 0.115. The molecule has 4 rings (SSSR count). The van der Waals surface area contributed by atoms with Gasteiger partial charge in [-0.1, -0.05) is 23.9 Å². The van der Waals surface area contributed by atoms with Crippen molar-refractivity contribution in [1.29, 1.82) is 0 Å². The van der Waals surface area contributed by atoms with E-state index >= 15 is 0 Å². The number of thiophene rings is 1. The highest BCUT2D eigenvalue weighted by Crippen LogP contribution is 2.37. The van der Waals surface area contributed by atoms with Crippen LogP contribution in [0.1, 0.15) is 11.4 Å². The van der Waals surface area contributed by atoms with Crippen molar-refractivity contribution in [3.63, 3.8) is 0 Å². The third kappa shape index (κ3) is 4.01. The molecule has 0 aliphatic heterocycles. The van der Waals surface area contributed by atoms with E-state index in [1.54, 1.807) is 16.8 Å². The molecular formula is C20H18FN5OS2. The lowest BCUT2D eigenvalue weighted by Gasteiger charge is -2.05. The van der Waals surface area contributed by atoms with Gasteiger partial charge in [0.25, 0.3) is 0 Å². The first kappa shape index (κ1) is 19.5. The van der Waals surface area contributed by atoms with Crippen LogP contribution >= 0.6 is 23.1 Å². The van der Waals surface area contributed by atoms with Crippen LogP contribution < -0.4 is 5.32 Å². The van der Waals surface area contributed by atoms with Crippen LogP contribution in [0.15, 0.2) is 41.7 Å². The van der Waals surface area contributed by atoms with Crippen molar-refractivity contribution < 1.29 is 9.18 Å². The molecule has 0 aliphatic rings. The van der Waals surface area contributed by atoms with Crippen LogP contribution in [0.25, 0.3) is 20.7 Å². The summed E-state index contributed by atoms with van der Waals surface area (Å²) < 4.78 is 15.8. The summed E-state index contributed by atoms with van der Waals surface area (Å²) in [4.78, 5) is 22.1. The minimum Gasteiger partial charge on any atom is -0.322 e. The maximum atomic E-state index is 13.2. The lowest BCUT2D eigenvalue weighted by molar-refractivity contribution is -0.113. The molecule has 29 heavy (non-hydrogen) atoms. The number of halogens is 1. The molecule has 0 bridgehead atoms. The summed E-state index contributed by atoms with van der Waals surface area (Å²) in [5, 5.41) is 8.00. The van der Waals surface area contributed by atoms with E-state index in [4.69, 9.17) is 0 Å². The monoisotopic (exact) mass is 427 g/mol. The quantitative estimate of drug-likeness (QED) is 0.373. The largest absolute Gasteiger partial charge is 0.322 e. The van der Waals surface area contributed by atoms with Gasteiger partial charge >= 0.3 is 0 Å². The van der Waals surface area contributed by atoms with Crippen LogP contribution in [0.3, 0.4) is 0 Å². The Labute approximate surface area is 175 Å². The Bertz CT molecular complexity index is 1200. The number of carbonyl (C=O) groups is 1. The van der Waals surface area contributed by atoms with Gasteiger partial charge in [0.1, 0.15) is 17.2 Å². The summed E-state index contributed by atoms with van der Waals surface area (Å²) in [5.74, 6) is -0.156. The van der Waals surface area contributed by atoms with Crippen molar-refractivity contribution in [2.45, 2.75) is 18.9 Å².